The number of imide groups is 1. The van der Waals surface area contributed by atoms with Crippen molar-refractivity contribution < 1.29 is 9.59 Å². The molecule has 110 valence electrons. The van der Waals surface area contributed by atoms with Crippen LogP contribution < -0.4 is 15.5 Å². The summed E-state index contributed by atoms with van der Waals surface area (Å²) in [6.07, 6.45) is 3.28. The molecule has 3 rings (SSSR count). The highest BCUT2D eigenvalue weighted by atomic mass is 32.2. The number of carbonyl (C=O) groups is 2. The van der Waals surface area contributed by atoms with Crippen molar-refractivity contribution in [2.24, 2.45) is 0 Å². The van der Waals surface area contributed by atoms with E-state index in [4.69, 9.17) is 0 Å². The molecule has 2 aliphatic heterocycles. The number of carbonyl (C=O) groups excluding carboxylic acids is 2. The van der Waals surface area contributed by atoms with Crippen LogP contribution >= 0.6 is 11.8 Å². The van der Waals surface area contributed by atoms with Gasteiger partial charge in [-0.2, -0.15) is 0 Å². The first-order valence-electron chi connectivity index (χ1n) is 6.68. The van der Waals surface area contributed by atoms with Crippen LogP contribution in [0.15, 0.2) is 17.2 Å². The third kappa shape index (κ3) is 3.22. The Morgan fingerprint density at radius 1 is 1.48 bits per heavy atom. The number of rotatable bonds is 2. The first-order valence-corrected chi connectivity index (χ1v) is 7.50. The van der Waals surface area contributed by atoms with Crippen LogP contribution in [0.4, 0.5) is 10.7 Å². The highest BCUT2D eigenvalue weighted by Gasteiger charge is 2.25. The van der Waals surface area contributed by atoms with E-state index in [9.17, 15) is 9.59 Å². The molecule has 2 saturated heterocycles. The van der Waals surface area contributed by atoms with Crippen LogP contribution in [0.5, 0.6) is 0 Å². The van der Waals surface area contributed by atoms with Gasteiger partial charge in [-0.3, -0.25) is 14.9 Å². The molecule has 0 spiro atoms. The largest absolute Gasteiger partial charge is 0.338 e. The molecular weight excluding hydrogens is 290 g/mol. The molecule has 21 heavy (non-hydrogen) atoms. The molecule has 1 unspecified atom stereocenters. The molecule has 2 aliphatic rings. The number of hydrogen-bond donors (Lipinski definition) is 2. The highest BCUT2D eigenvalue weighted by Crippen LogP contribution is 2.25. The fraction of sp³-hybridized carbons (Fsp3) is 0.385. The second-order valence-corrected chi connectivity index (χ2v) is 5.95. The molecule has 0 saturated carbocycles. The van der Waals surface area contributed by atoms with Crippen LogP contribution in [0.25, 0.3) is 6.08 Å². The first-order chi connectivity index (χ1) is 10.1. The van der Waals surface area contributed by atoms with Gasteiger partial charge in [-0.05, 0) is 30.8 Å². The summed E-state index contributed by atoms with van der Waals surface area (Å²) in [5.74, 6) is 0.272. The monoisotopic (exact) mass is 305 g/mol. The van der Waals surface area contributed by atoms with E-state index in [0.717, 1.165) is 31.4 Å². The predicted octanol–water partition coefficient (Wildman–Crippen LogP) is 0.599. The van der Waals surface area contributed by atoms with Crippen LogP contribution in [0.1, 0.15) is 12.6 Å². The fourth-order valence-electron chi connectivity index (χ4n) is 2.26. The van der Waals surface area contributed by atoms with Gasteiger partial charge in [0.15, 0.2) is 0 Å². The van der Waals surface area contributed by atoms with Crippen molar-refractivity contribution in [3.63, 3.8) is 0 Å². The standard InChI is InChI=1S/C13H15N5O2S/c1-8-7-18(5-4-14-8)12-15-3-2-9(16-12)6-10-11(19)17-13(20)21-10/h2-3,6,8,14H,4-5,7H2,1H3,(H,17,19,20)/b10-6+. The topological polar surface area (TPSA) is 87.2 Å². The Labute approximate surface area is 126 Å². The normalized spacial score (nSPS) is 24.5. The molecule has 1 aromatic rings. The molecular formula is C13H15N5O2S. The number of anilines is 1. The van der Waals surface area contributed by atoms with Gasteiger partial charge in [0.1, 0.15) is 0 Å². The first kappa shape index (κ1) is 14.0. The van der Waals surface area contributed by atoms with Crippen molar-refractivity contribution in [2.45, 2.75) is 13.0 Å². The molecule has 8 heteroatoms. The van der Waals surface area contributed by atoms with Gasteiger partial charge < -0.3 is 10.2 Å². The van der Waals surface area contributed by atoms with Crippen LogP contribution in [0.3, 0.4) is 0 Å². The van der Waals surface area contributed by atoms with Crippen molar-refractivity contribution >= 4 is 34.9 Å². The maximum absolute atomic E-state index is 11.5. The maximum Gasteiger partial charge on any atom is 0.290 e. The van der Waals surface area contributed by atoms with Crippen LogP contribution in [0.2, 0.25) is 0 Å². The molecule has 2 amide bonds. The summed E-state index contributed by atoms with van der Waals surface area (Å²) in [6, 6.07) is 2.11. The van der Waals surface area contributed by atoms with Crippen LogP contribution in [0, 0.1) is 0 Å². The van der Waals surface area contributed by atoms with E-state index in [2.05, 4.69) is 32.4 Å². The smallest absolute Gasteiger partial charge is 0.290 e. The summed E-state index contributed by atoms with van der Waals surface area (Å²) in [5, 5.41) is 5.24. The Morgan fingerprint density at radius 3 is 3.05 bits per heavy atom. The van der Waals surface area contributed by atoms with Gasteiger partial charge in [0.05, 0.1) is 10.6 Å². The van der Waals surface area contributed by atoms with E-state index in [0.29, 0.717) is 22.6 Å². The lowest BCUT2D eigenvalue weighted by atomic mass is 10.2. The Kier molecular flexibility index (Phi) is 3.89. The van der Waals surface area contributed by atoms with Crippen LogP contribution in [-0.2, 0) is 4.79 Å². The molecule has 0 bridgehead atoms. The Bertz CT molecular complexity index is 618. The Hall–Kier alpha value is -1.93. The molecule has 7 nitrogen and oxygen atoms in total. The number of thioether (sulfide) groups is 1. The summed E-state index contributed by atoms with van der Waals surface area (Å²) >= 11 is 0.888. The molecule has 3 heterocycles. The van der Waals surface area contributed by atoms with E-state index in [1.807, 2.05) is 0 Å². The minimum Gasteiger partial charge on any atom is -0.338 e. The second-order valence-electron chi connectivity index (χ2n) is 4.93. The predicted molar refractivity (Wildman–Crippen MR) is 80.8 cm³/mol. The molecule has 0 radical (unpaired) electrons. The van der Waals surface area contributed by atoms with Crippen molar-refractivity contribution in [1.82, 2.24) is 20.6 Å². The van der Waals surface area contributed by atoms with Crippen molar-refractivity contribution in [3.8, 4) is 0 Å². The summed E-state index contributed by atoms with van der Waals surface area (Å²) in [5.41, 5.74) is 0.624. The zero-order valence-electron chi connectivity index (χ0n) is 11.5. The average Bonchev–Trinajstić information content (AvgIpc) is 2.77. The van der Waals surface area contributed by atoms with Gasteiger partial charge in [-0.25, -0.2) is 9.97 Å². The Balaban J connectivity index is 1.82. The van der Waals surface area contributed by atoms with E-state index < -0.39 is 0 Å². The fourth-order valence-corrected chi connectivity index (χ4v) is 2.93. The van der Waals surface area contributed by atoms with Crippen molar-refractivity contribution in [3.05, 3.63) is 22.9 Å². The van der Waals surface area contributed by atoms with Gasteiger partial charge >= 0.3 is 0 Å². The highest BCUT2D eigenvalue weighted by molar-refractivity contribution is 8.18. The number of amides is 2. The number of nitrogens with zero attached hydrogens (tertiary/aromatic N) is 3. The van der Waals surface area contributed by atoms with Gasteiger partial charge in [-0.15, -0.1) is 0 Å². The van der Waals surface area contributed by atoms with Gasteiger partial charge in [0.2, 0.25) is 5.95 Å². The molecule has 0 aromatic carbocycles. The lowest BCUT2D eigenvalue weighted by Gasteiger charge is -2.31. The molecule has 0 aliphatic carbocycles. The maximum atomic E-state index is 11.5. The van der Waals surface area contributed by atoms with Crippen molar-refractivity contribution in [1.29, 1.82) is 0 Å². The quantitative estimate of drug-likeness (QED) is 0.774. The van der Waals surface area contributed by atoms with E-state index in [-0.39, 0.29) is 11.1 Å². The number of hydrogen-bond acceptors (Lipinski definition) is 7. The number of nitrogens with one attached hydrogen (secondary N) is 2. The Morgan fingerprint density at radius 2 is 2.33 bits per heavy atom. The lowest BCUT2D eigenvalue weighted by molar-refractivity contribution is -0.115. The van der Waals surface area contributed by atoms with E-state index >= 15 is 0 Å². The van der Waals surface area contributed by atoms with Gasteiger partial charge in [-0.1, -0.05) is 0 Å². The van der Waals surface area contributed by atoms with Gasteiger partial charge in [0.25, 0.3) is 11.1 Å². The average molecular weight is 305 g/mol. The summed E-state index contributed by atoms with van der Waals surface area (Å²) in [4.78, 5) is 33.9. The van der Waals surface area contributed by atoms with E-state index in [1.54, 1.807) is 18.3 Å². The van der Waals surface area contributed by atoms with Gasteiger partial charge in [0, 0.05) is 31.9 Å². The minimum absolute atomic E-state index is 0.351. The third-order valence-corrected chi connectivity index (χ3v) is 4.05. The van der Waals surface area contributed by atoms with Crippen LogP contribution in [-0.4, -0.2) is 46.8 Å². The molecule has 2 N–H and O–H groups in total. The summed E-state index contributed by atoms with van der Waals surface area (Å²) in [7, 11) is 0. The molecule has 2 fully saturated rings. The van der Waals surface area contributed by atoms with Crippen molar-refractivity contribution in [2.75, 3.05) is 24.5 Å². The zero-order chi connectivity index (χ0) is 14.8. The molecule has 1 atom stereocenters. The zero-order valence-corrected chi connectivity index (χ0v) is 12.3. The number of aromatic nitrogens is 2. The minimum atomic E-state index is -0.374. The number of piperazine rings is 1. The summed E-state index contributed by atoms with van der Waals surface area (Å²) < 4.78 is 0. The molecule has 1 aromatic heterocycles. The lowest BCUT2D eigenvalue weighted by Crippen LogP contribution is -2.49. The SMILES string of the molecule is CC1CN(c2nccc(/C=C3/SC(=O)NC3=O)n2)CCN1. The summed E-state index contributed by atoms with van der Waals surface area (Å²) in [6.45, 7) is 4.69. The van der Waals surface area contributed by atoms with E-state index in [1.165, 1.54) is 0 Å². The second kappa shape index (κ2) is 5.82. The third-order valence-electron chi connectivity index (χ3n) is 3.24.